The maximum Gasteiger partial charge on any atom is 0.417 e. The molecule has 2 heterocycles. The summed E-state index contributed by atoms with van der Waals surface area (Å²) in [5.41, 5.74) is 2.06. The van der Waals surface area contributed by atoms with E-state index in [1.807, 2.05) is 0 Å². The van der Waals surface area contributed by atoms with Gasteiger partial charge < -0.3 is 14.5 Å². The third kappa shape index (κ3) is 1.20. The van der Waals surface area contributed by atoms with Gasteiger partial charge >= 0.3 is 11.7 Å². The van der Waals surface area contributed by atoms with Gasteiger partial charge in [-0.2, -0.15) is 0 Å². The second-order valence-corrected chi connectivity index (χ2v) is 3.81. The second-order valence-electron chi connectivity index (χ2n) is 3.81. The minimum atomic E-state index is -1.05. The van der Waals surface area contributed by atoms with Crippen LogP contribution in [0, 0.1) is 6.92 Å². The third-order valence-electron chi connectivity index (χ3n) is 2.75. The van der Waals surface area contributed by atoms with Crippen molar-refractivity contribution in [3.05, 3.63) is 33.9 Å². The number of benzene rings is 1. The van der Waals surface area contributed by atoms with Crippen LogP contribution in [0.15, 0.2) is 21.3 Å². The van der Waals surface area contributed by atoms with Gasteiger partial charge in [-0.05, 0) is 19.1 Å². The van der Waals surface area contributed by atoms with Crippen molar-refractivity contribution in [1.82, 2.24) is 9.97 Å². The molecule has 0 saturated carbocycles. The van der Waals surface area contributed by atoms with E-state index in [9.17, 15) is 9.59 Å². The van der Waals surface area contributed by atoms with Gasteiger partial charge in [-0.3, -0.25) is 4.98 Å². The lowest BCUT2D eigenvalue weighted by molar-refractivity contribution is 0.0698. The SMILES string of the molecule is Cc1[nH]c2ccc3[nH]c(=O)oc3c2c1C(=O)O. The quantitative estimate of drug-likeness (QED) is 0.593. The van der Waals surface area contributed by atoms with E-state index in [4.69, 9.17) is 9.52 Å². The number of aromatic nitrogens is 2. The van der Waals surface area contributed by atoms with E-state index in [0.29, 0.717) is 22.1 Å². The molecule has 0 amide bonds. The topological polar surface area (TPSA) is 99.1 Å². The molecule has 17 heavy (non-hydrogen) atoms. The van der Waals surface area contributed by atoms with Crippen LogP contribution in [0.3, 0.4) is 0 Å². The molecule has 6 nitrogen and oxygen atoms in total. The maximum absolute atomic E-state index is 11.2. The van der Waals surface area contributed by atoms with Gasteiger partial charge in [0.15, 0.2) is 5.58 Å². The normalized spacial score (nSPS) is 11.4. The van der Waals surface area contributed by atoms with Crippen LogP contribution in [-0.2, 0) is 0 Å². The van der Waals surface area contributed by atoms with E-state index < -0.39 is 11.7 Å². The summed E-state index contributed by atoms with van der Waals surface area (Å²) in [4.78, 5) is 27.8. The van der Waals surface area contributed by atoms with Crippen molar-refractivity contribution >= 4 is 28.0 Å². The smallest absolute Gasteiger partial charge is 0.417 e. The van der Waals surface area contributed by atoms with E-state index in [-0.39, 0.29) is 11.1 Å². The number of fused-ring (bicyclic) bond motifs is 3. The van der Waals surface area contributed by atoms with Crippen molar-refractivity contribution in [2.24, 2.45) is 0 Å². The molecule has 0 spiro atoms. The predicted octanol–water partition coefficient (Wildman–Crippen LogP) is 1.61. The number of nitrogens with one attached hydrogen (secondary N) is 2. The number of carboxylic acid groups (broad SMARTS) is 1. The molecule has 3 aromatic rings. The zero-order chi connectivity index (χ0) is 12.2. The molecule has 0 aliphatic heterocycles. The Morgan fingerprint density at radius 3 is 2.71 bits per heavy atom. The second kappa shape index (κ2) is 3.00. The molecule has 0 unspecified atom stereocenters. The van der Waals surface area contributed by atoms with Crippen LogP contribution in [0.4, 0.5) is 0 Å². The van der Waals surface area contributed by atoms with Gasteiger partial charge in [0.1, 0.15) is 0 Å². The number of hydrogen-bond donors (Lipinski definition) is 3. The largest absolute Gasteiger partial charge is 0.478 e. The zero-order valence-corrected chi connectivity index (χ0v) is 8.83. The minimum Gasteiger partial charge on any atom is -0.478 e. The van der Waals surface area contributed by atoms with Gasteiger partial charge in [-0.15, -0.1) is 0 Å². The summed E-state index contributed by atoms with van der Waals surface area (Å²) in [6, 6.07) is 3.38. The molecule has 2 aromatic heterocycles. The Kier molecular flexibility index (Phi) is 1.72. The van der Waals surface area contributed by atoms with Crippen LogP contribution in [0.5, 0.6) is 0 Å². The fraction of sp³-hybridized carbons (Fsp3) is 0.0909. The number of rotatable bonds is 1. The number of oxazole rings is 1. The summed E-state index contributed by atoms with van der Waals surface area (Å²) in [5, 5.41) is 9.59. The van der Waals surface area contributed by atoms with Crippen molar-refractivity contribution in [3.63, 3.8) is 0 Å². The molecule has 3 N–H and O–H groups in total. The monoisotopic (exact) mass is 232 g/mol. The first-order valence-electron chi connectivity index (χ1n) is 4.95. The first-order chi connectivity index (χ1) is 8.08. The van der Waals surface area contributed by atoms with E-state index in [2.05, 4.69) is 9.97 Å². The van der Waals surface area contributed by atoms with Gasteiger partial charge in [0.2, 0.25) is 0 Å². The Hall–Kier alpha value is -2.50. The van der Waals surface area contributed by atoms with Crippen molar-refractivity contribution in [3.8, 4) is 0 Å². The average molecular weight is 232 g/mol. The number of carboxylic acids is 1. The average Bonchev–Trinajstić information content (AvgIpc) is 2.75. The highest BCUT2D eigenvalue weighted by molar-refractivity contribution is 6.13. The molecule has 1 aromatic carbocycles. The molecule has 0 aliphatic rings. The molecular weight excluding hydrogens is 224 g/mol. The van der Waals surface area contributed by atoms with Gasteiger partial charge in [0, 0.05) is 5.69 Å². The standard InChI is InChI=1S/C11H8N2O4/c1-4-7(10(14)15)8-5(12-4)2-3-6-9(8)17-11(16)13-6/h2-3,12H,1H3,(H,13,16)(H,14,15). The molecule has 0 aliphatic carbocycles. The Bertz CT molecular complexity index is 806. The number of carbonyl (C=O) groups is 1. The van der Waals surface area contributed by atoms with Crippen molar-refractivity contribution in [2.75, 3.05) is 0 Å². The molecular formula is C11H8N2O4. The van der Waals surface area contributed by atoms with Gasteiger partial charge in [0.05, 0.1) is 22.0 Å². The van der Waals surface area contributed by atoms with Crippen molar-refractivity contribution in [1.29, 1.82) is 0 Å². The number of H-pyrrole nitrogens is 2. The number of aryl methyl sites for hydroxylation is 1. The summed E-state index contributed by atoms with van der Waals surface area (Å²) in [6.45, 7) is 1.67. The van der Waals surface area contributed by atoms with Crippen molar-refractivity contribution < 1.29 is 14.3 Å². The van der Waals surface area contributed by atoms with Gasteiger partial charge in [-0.1, -0.05) is 0 Å². The Balaban J connectivity index is 2.63. The summed E-state index contributed by atoms with van der Waals surface area (Å²) in [7, 11) is 0. The van der Waals surface area contributed by atoms with Crippen LogP contribution < -0.4 is 5.76 Å². The molecule has 6 heteroatoms. The number of aromatic carboxylic acids is 1. The minimum absolute atomic E-state index is 0.133. The first-order valence-corrected chi connectivity index (χ1v) is 4.95. The van der Waals surface area contributed by atoms with Crippen LogP contribution in [-0.4, -0.2) is 21.0 Å². The summed E-state index contributed by atoms with van der Waals surface area (Å²) < 4.78 is 4.99. The fourth-order valence-corrected chi connectivity index (χ4v) is 2.09. The number of hydrogen-bond acceptors (Lipinski definition) is 3. The Morgan fingerprint density at radius 2 is 2.00 bits per heavy atom. The molecule has 3 rings (SSSR count). The lowest BCUT2D eigenvalue weighted by Gasteiger charge is -1.94. The summed E-state index contributed by atoms with van der Waals surface area (Å²) in [5.74, 6) is -1.65. The molecule has 86 valence electrons. The third-order valence-corrected chi connectivity index (χ3v) is 2.75. The van der Waals surface area contributed by atoms with Gasteiger partial charge in [-0.25, -0.2) is 9.59 Å². The zero-order valence-electron chi connectivity index (χ0n) is 8.83. The van der Waals surface area contributed by atoms with E-state index in [0.717, 1.165) is 0 Å². The maximum atomic E-state index is 11.2. The molecule has 0 fully saturated rings. The predicted molar refractivity (Wildman–Crippen MR) is 60.4 cm³/mol. The van der Waals surface area contributed by atoms with E-state index in [1.54, 1.807) is 19.1 Å². The van der Waals surface area contributed by atoms with Gasteiger partial charge in [0.25, 0.3) is 0 Å². The van der Waals surface area contributed by atoms with Crippen LogP contribution in [0.2, 0.25) is 0 Å². The van der Waals surface area contributed by atoms with E-state index in [1.165, 1.54) is 0 Å². The highest BCUT2D eigenvalue weighted by atomic mass is 16.4. The lowest BCUT2D eigenvalue weighted by Crippen LogP contribution is -1.97. The lowest BCUT2D eigenvalue weighted by atomic mass is 10.1. The number of aromatic amines is 2. The summed E-state index contributed by atoms with van der Waals surface area (Å²) >= 11 is 0. The Morgan fingerprint density at radius 1 is 1.29 bits per heavy atom. The Labute approximate surface area is 93.9 Å². The summed E-state index contributed by atoms with van der Waals surface area (Å²) in [6.07, 6.45) is 0. The first kappa shape index (κ1) is 9.71. The highest BCUT2D eigenvalue weighted by Gasteiger charge is 2.19. The molecule has 0 radical (unpaired) electrons. The molecule has 0 bridgehead atoms. The highest BCUT2D eigenvalue weighted by Crippen LogP contribution is 2.28. The van der Waals surface area contributed by atoms with E-state index >= 15 is 0 Å². The fourth-order valence-electron chi connectivity index (χ4n) is 2.09. The molecule has 0 saturated heterocycles. The van der Waals surface area contributed by atoms with Crippen LogP contribution in [0.25, 0.3) is 22.0 Å². The van der Waals surface area contributed by atoms with Crippen LogP contribution >= 0.6 is 0 Å². The van der Waals surface area contributed by atoms with Crippen LogP contribution in [0.1, 0.15) is 16.1 Å². The van der Waals surface area contributed by atoms with Crippen molar-refractivity contribution in [2.45, 2.75) is 6.92 Å². The molecule has 0 atom stereocenters.